The number of hydrogen-bond acceptors (Lipinski definition) is 4. The molecule has 1 fully saturated rings. The molecule has 1 aliphatic rings. The van der Waals surface area contributed by atoms with Crippen LogP contribution < -0.4 is 10.6 Å². The van der Waals surface area contributed by atoms with Crippen LogP contribution in [0.4, 0.5) is 4.79 Å². The van der Waals surface area contributed by atoms with Crippen LogP contribution in [0.5, 0.6) is 0 Å². The second-order valence-corrected chi connectivity index (χ2v) is 7.34. The minimum Gasteiger partial charge on any atom is -0.444 e. The van der Waals surface area contributed by atoms with Gasteiger partial charge in [0, 0.05) is 25.2 Å². The minimum absolute atomic E-state index is 0.330. The zero-order valence-electron chi connectivity index (χ0n) is 14.5. The molecule has 1 amide bonds. The Morgan fingerprint density at radius 3 is 2.57 bits per heavy atom. The topological polar surface area (TPSA) is 53.6 Å². The standard InChI is InChI=1S/C16H33N3O2/c1-12-11-19(6)13(2)10-14(12)17-8-7-9-18-15(20)21-16(3,4)5/h12-14,17H,7-11H2,1-6H3,(H,18,20). The summed E-state index contributed by atoms with van der Waals surface area (Å²) in [6, 6.07) is 1.22. The molecule has 5 heteroatoms. The van der Waals surface area contributed by atoms with E-state index in [1.54, 1.807) is 0 Å². The third kappa shape index (κ3) is 7.14. The van der Waals surface area contributed by atoms with Gasteiger partial charge in [-0.15, -0.1) is 0 Å². The van der Waals surface area contributed by atoms with Gasteiger partial charge in [0.05, 0.1) is 0 Å². The van der Waals surface area contributed by atoms with Crippen LogP contribution in [0.25, 0.3) is 0 Å². The maximum atomic E-state index is 11.5. The van der Waals surface area contributed by atoms with Crippen LogP contribution in [-0.2, 0) is 4.74 Å². The molecule has 21 heavy (non-hydrogen) atoms. The molecular weight excluding hydrogens is 266 g/mol. The van der Waals surface area contributed by atoms with Crippen molar-refractivity contribution in [2.24, 2.45) is 5.92 Å². The van der Waals surface area contributed by atoms with Crippen molar-refractivity contribution >= 4 is 6.09 Å². The van der Waals surface area contributed by atoms with Crippen molar-refractivity contribution in [2.75, 3.05) is 26.7 Å². The quantitative estimate of drug-likeness (QED) is 0.764. The monoisotopic (exact) mass is 299 g/mol. The average molecular weight is 299 g/mol. The summed E-state index contributed by atoms with van der Waals surface area (Å²) in [6.45, 7) is 12.9. The first-order valence-corrected chi connectivity index (χ1v) is 8.09. The molecule has 1 saturated heterocycles. The Labute approximate surface area is 129 Å². The summed E-state index contributed by atoms with van der Waals surface area (Å²) in [5.41, 5.74) is -0.429. The van der Waals surface area contributed by atoms with Gasteiger partial charge in [-0.2, -0.15) is 0 Å². The Balaban J connectivity index is 2.13. The summed E-state index contributed by atoms with van der Waals surface area (Å²) in [4.78, 5) is 13.9. The van der Waals surface area contributed by atoms with Gasteiger partial charge in [-0.05, 0) is 60.0 Å². The maximum Gasteiger partial charge on any atom is 0.407 e. The predicted octanol–water partition coefficient (Wildman–Crippen LogP) is 2.22. The first-order valence-electron chi connectivity index (χ1n) is 8.09. The number of likely N-dealkylation sites (tertiary alicyclic amines) is 1. The van der Waals surface area contributed by atoms with E-state index >= 15 is 0 Å². The number of nitrogens with zero attached hydrogens (tertiary/aromatic N) is 1. The predicted molar refractivity (Wildman–Crippen MR) is 86.5 cm³/mol. The molecule has 0 aromatic rings. The van der Waals surface area contributed by atoms with Gasteiger partial charge in [-0.3, -0.25) is 0 Å². The van der Waals surface area contributed by atoms with Crippen LogP contribution >= 0.6 is 0 Å². The largest absolute Gasteiger partial charge is 0.444 e. The van der Waals surface area contributed by atoms with E-state index in [0.29, 0.717) is 24.5 Å². The fourth-order valence-electron chi connectivity index (χ4n) is 2.71. The van der Waals surface area contributed by atoms with Gasteiger partial charge in [0.2, 0.25) is 0 Å². The van der Waals surface area contributed by atoms with Gasteiger partial charge in [0.1, 0.15) is 5.60 Å². The number of carbonyl (C=O) groups excluding carboxylic acids is 1. The van der Waals surface area contributed by atoms with E-state index in [4.69, 9.17) is 4.74 Å². The zero-order chi connectivity index (χ0) is 16.0. The molecule has 0 saturated carbocycles. The van der Waals surface area contributed by atoms with Gasteiger partial charge in [-0.25, -0.2) is 4.79 Å². The van der Waals surface area contributed by atoms with Crippen molar-refractivity contribution < 1.29 is 9.53 Å². The van der Waals surface area contributed by atoms with E-state index in [9.17, 15) is 4.79 Å². The van der Waals surface area contributed by atoms with E-state index in [1.165, 1.54) is 6.42 Å². The second-order valence-electron chi connectivity index (χ2n) is 7.34. The van der Waals surface area contributed by atoms with Crippen molar-refractivity contribution in [3.05, 3.63) is 0 Å². The molecule has 124 valence electrons. The Bertz CT molecular complexity index is 328. The lowest BCUT2D eigenvalue weighted by molar-refractivity contribution is 0.0527. The number of piperidine rings is 1. The van der Waals surface area contributed by atoms with Gasteiger partial charge >= 0.3 is 6.09 Å². The summed E-state index contributed by atoms with van der Waals surface area (Å²) in [6.07, 6.45) is 1.79. The summed E-state index contributed by atoms with van der Waals surface area (Å²) in [7, 11) is 2.20. The summed E-state index contributed by atoms with van der Waals surface area (Å²) >= 11 is 0. The molecule has 0 aliphatic carbocycles. The fourth-order valence-corrected chi connectivity index (χ4v) is 2.71. The van der Waals surface area contributed by atoms with E-state index in [1.807, 2.05) is 20.8 Å². The number of hydrogen-bond donors (Lipinski definition) is 2. The molecule has 3 unspecified atom stereocenters. The molecule has 1 heterocycles. The highest BCUT2D eigenvalue weighted by Crippen LogP contribution is 2.20. The molecule has 5 nitrogen and oxygen atoms in total. The van der Waals surface area contributed by atoms with Crippen molar-refractivity contribution in [1.29, 1.82) is 0 Å². The summed E-state index contributed by atoms with van der Waals surface area (Å²) in [5, 5.41) is 6.42. The van der Waals surface area contributed by atoms with Crippen LogP contribution in [0.3, 0.4) is 0 Å². The Kier molecular flexibility index (Phi) is 6.94. The van der Waals surface area contributed by atoms with E-state index < -0.39 is 5.60 Å². The Hall–Kier alpha value is -0.810. The molecular formula is C16H33N3O2. The Morgan fingerprint density at radius 2 is 1.95 bits per heavy atom. The lowest BCUT2D eigenvalue weighted by Gasteiger charge is -2.40. The number of ether oxygens (including phenoxy) is 1. The Morgan fingerprint density at radius 1 is 1.29 bits per heavy atom. The number of rotatable bonds is 5. The van der Waals surface area contributed by atoms with Crippen LogP contribution in [0.15, 0.2) is 0 Å². The number of alkyl carbamates (subject to hydrolysis) is 1. The summed E-state index contributed by atoms with van der Waals surface area (Å²) < 4.78 is 5.20. The highest BCUT2D eigenvalue weighted by molar-refractivity contribution is 5.67. The first-order chi connectivity index (χ1) is 9.69. The van der Waals surface area contributed by atoms with E-state index in [0.717, 1.165) is 19.5 Å². The molecule has 1 rings (SSSR count). The SMILES string of the molecule is CC1CN(C)C(C)CC1NCCCNC(=O)OC(C)(C)C. The molecule has 2 N–H and O–H groups in total. The highest BCUT2D eigenvalue weighted by atomic mass is 16.6. The summed E-state index contributed by atoms with van der Waals surface area (Å²) in [5.74, 6) is 0.671. The first kappa shape index (κ1) is 18.2. The number of nitrogens with one attached hydrogen (secondary N) is 2. The fraction of sp³-hybridized carbons (Fsp3) is 0.938. The number of carbonyl (C=O) groups is 1. The van der Waals surface area contributed by atoms with Crippen LogP contribution in [0.2, 0.25) is 0 Å². The van der Waals surface area contributed by atoms with Gasteiger partial charge < -0.3 is 20.3 Å². The normalized spacial score (nSPS) is 27.4. The van der Waals surface area contributed by atoms with Gasteiger partial charge in [-0.1, -0.05) is 6.92 Å². The third-order valence-electron chi connectivity index (χ3n) is 4.04. The van der Waals surface area contributed by atoms with E-state index in [-0.39, 0.29) is 6.09 Å². The van der Waals surface area contributed by atoms with E-state index in [2.05, 4.69) is 36.4 Å². The third-order valence-corrected chi connectivity index (χ3v) is 4.04. The lowest BCUT2D eigenvalue weighted by Crippen LogP contribution is -2.51. The zero-order valence-corrected chi connectivity index (χ0v) is 14.5. The van der Waals surface area contributed by atoms with Crippen molar-refractivity contribution in [2.45, 2.75) is 65.1 Å². The molecule has 1 aliphatic heterocycles. The minimum atomic E-state index is -0.429. The molecule has 0 bridgehead atoms. The van der Waals surface area contributed by atoms with Gasteiger partial charge in [0.15, 0.2) is 0 Å². The maximum absolute atomic E-state index is 11.5. The second kappa shape index (κ2) is 7.99. The number of amides is 1. The highest BCUT2D eigenvalue weighted by Gasteiger charge is 2.28. The van der Waals surface area contributed by atoms with Crippen molar-refractivity contribution in [3.8, 4) is 0 Å². The molecule has 0 spiro atoms. The average Bonchev–Trinajstić information content (AvgIpc) is 2.32. The molecule has 3 atom stereocenters. The van der Waals surface area contributed by atoms with Crippen LogP contribution in [0, 0.1) is 5.92 Å². The molecule has 0 radical (unpaired) electrons. The van der Waals surface area contributed by atoms with Crippen molar-refractivity contribution in [1.82, 2.24) is 15.5 Å². The van der Waals surface area contributed by atoms with Crippen molar-refractivity contribution in [3.63, 3.8) is 0 Å². The smallest absolute Gasteiger partial charge is 0.407 e. The molecule has 0 aromatic heterocycles. The van der Waals surface area contributed by atoms with Crippen LogP contribution in [0.1, 0.15) is 47.5 Å². The van der Waals surface area contributed by atoms with Crippen LogP contribution in [-0.4, -0.2) is 55.4 Å². The van der Waals surface area contributed by atoms with Gasteiger partial charge in [0.25, 0.3) is 0 Å². The lowest BCUT2D eigenvalue weighted by atomic mass is 9.90. The molecule has 0 aromatic carbocycles.